The minimum absolute atomic E-state index is 0.159. The third-order valence-electron chi connectivity index (χ3n) is 2.80. The number of esters is 1. The van der Waals surface area contributed by atoms with Crippen molar-refractivity contribution in [2.75, 3.05) is 0 Å². The molecule has 0 aliphatic rings. The highest BCUT2D eigenvalue weighted by atomic mass is 16.6. The topological polar surface area (TPSA) is 81.4 Å². The van der Waals surface area contributed by atoms with Crippen LogP contribution in [0.2, 0.25) is 0 Å². The van der Waals surface area contributed by atoms with E-state index in [4.69, 9.17) is 10.5 Å². The minimum Gasteiger partial charge on any atom is -0.460 e. The molecule has 1 rings (SSSR count). The first-order valence-electron chi connectivity index (χ1n) is 7.06. The largest absolute Gasteiger partial charge is 0.460 e. The van der Waals surface area contributed by atoms with Gasteiger partial charge in [-0.05, 0) is 32.8 Å². The van der Waals surface area contributed by atoms with Crippen molar-refractivity contribution in [2.24, 2.45) is 5.73 Å². The number of amides is 1. The number of primary amides is 1. The summed E-state index contributed by atoms with van der Waals surface area (Å²) in [6.45, 7) is 5.96. The van der Waals surface area contributed by atoms with Crippen molar-refractivity contribution in [3.05, 3.63) is 35.9 Å². The van der Waals surface area contributed by atoms with E-state index in [2.05, 4.69) is 5.32 Å². The Kier molecular flexibility index (Phi) is 6.37. The van der Waals surface area contributed by atoms with Gasteiger partial charge in [0.2, 0.25) is 5.91 Å². The Morgan fingerprint density at radius 1 is 1.24 bits per heavy atom. The van der Waals surface area contributed by atoms with Gasteiger partial charge < -0.3 is 15.8 Å². The first-order chi connectivity index (χ1) is 9.78. The highest BCUT2D eigenvalue weighted by molar-refractivity contribution is 5.80. The normalized spacial score (nSPS) is 12.7. The Labute approximate surface area is 125 Å². The van der Waals surface area contributed by atoms with Gasteiger partial charge in [-0.2, -0.15) is 0 Å². The van der Waals surface area contributed by atoms with Crippen LogP contribution in [0.15, 0.2) is 30.3 Å². The predicted molar refractivity (Wildman–Crippen MR) is 81.3 cm³/mol. The van der Waals surface area contributed by atoms with Crippen LogP contribution >= 0.6 is 0 Å². The summed E-state index contributed by atoms with van der Waals surface area (Å²) < 4.78 is 5.21. The monoisotopic (exact) mass is 292 g/mol. The fourth-order valence-corrected chi connectivity index (χ4v) is 1.84. The number of benzene rings is 1. The van der Waals surface area contributed by atoms with Gasteiger partial charge in [0.1, 0.15) is 5.60 Å². The van der Waals surface area contributed by atoms with Crippen molar-refractivity contribution in [3.63, 3.8) is 0 Å². The maximum absolute atomic E-state index is 11.7. The number of nitrogens with one attached hydrogen (secondary N) is 1. The van der Waals surface area contributed by atoms with E-state index in [1.807, 2.05) is 51.1 Å². The summed E-state index contributed by atoms with van der Waals surface area (Å²) in [5.41, 5.74) is 5.90. The molecular weight excluding hydrogens is 268 g/mol. The quantitative estimate of drug-likeness (QED) is 0.750. The van der Waals surface area contributed by atoms with Crippen molar-refractivity contribution in [2.45, 2.75) is 51.8 Å². The molecule has 116 valence electrons. The molecule has 0 radical (unpaired) electrons. The molecule has 21 heavy (non-hydrogen) atoms. The second-order valence-electron chi connectivity index (χ2n) is 5.95. The van der Waals surface area contributed by atoms with E-state index in [0.717, 1.165) is 5.56 Å². The number of ether oxygens (including phenoxy) is 1. The SMILES string of the molecule is CC(C)(C)OC(=O)CCC(NCc1ccccc1)C(N)=O. The van der Waals surface area contributed by atoms with Crippen LogP contribution in [0.25, 0.3) is 0 Å². The third-order valence-corrected chi connectivity index (χ3v) is 2.80. The number of nitrogens with two attached hydrogens (primary N) is 1. The van der Waals surface area contributed by atoms with Crippen molar-refractivity contribution in [1.82, 2.24) is 5.32 Å². The smallest absolute Gasteiger partial charge is 0.306 e. The van der Waals surface area contributed by atoms with Crippen molar-refractivity contribution in [3.8, 4) is 0 Å². The molecule has 3 N–H and O–H groups in total. The number of hydrogen-bond donors (Lipinski definition) is 2. The van der Waals surface area contributed by atoms with Crippen LogP contribution in [0.4, 0.5) is 0 Å². The maximum atomic E-state index is 11.7. The number of rotatable bonds is 7. The van der Waals surface area contributed by atoms with E-state index in [9.17, 15) is 9.59 Å². The second kappa shape index (κ2) is 7.78. The lowest BCUT2D eigenvalue weighted by Gasteiger charge is -2.20. The van der Waals surface area contributed by atoms with Crippen molar-refractivity contribution < 1.29 is 14.3 Å². The molecule has 5 nitrogen and oxygen atoms in total. The number of hydrogen-bond acceptors (Lipinski definition) is 4. The zero-order valence-electron chi connectivity index (χ0n) is 12.9. The lowest BCUT2D eigenvalue weighted by Crippen LogP contribution is -2.41. The van der Waals surface area contributed by atoms with E-state index >= 15 is 0 Å². The summed E-state index contributed by atoms with van der Waals surface area (Å²) in [5.74, 6) is -0.787. The standard InChI is InChI=1S/C16H24N2O3/c1-16(2,3)21-14(19)10-9-13(15(17)20)18-11-12-7-5-4-6-8-12/h4-8,13,18H,9-11H2,1-3H3,(H2,17,20). The molecule has 1 aromatic carbocycles. The van der Waals surface area contributed by atoms with Crippen molar-refractivity contribution in [1.29, 1.82) is 0 Å². The summed E-state index contributed by atoms with van der Waals surface area (Å²) in [5, 5.41) is 3.07. The molecule has 0 aliphatic heterocycles. The van der Waals surface area contributed by atoms with Gasteiger partial charge in [0.05, 0.1) is 6.04 Å². The molecule has 0 heterocycles. The fraction of sp³-hybridized carbons (Fsp3) is 0.500. The van der Waals surface area contributed by atoms with E-state index in [0.29, 0.717) is 13.0 Å². The van der Waals surface area contributed by atoms with Gasteiger partial charge in [-0.3, -0.25) is 9.59 Å². The summed E-state index contributed by atoms with van der Waals surface area (Å²) >= 11 is 0. The molecule has 5 heteroatoms. The van der Waals surface area contributed by atoms with Gasteiger partial charge in [-0.25, -0.2) is 0 Å². The van der Waals surface area contributed by atoms with Gasteiger partial charge in [-0.15, -0.1) is 0 Å². The van der Waals surface area contributed by atoms with E-state index in [1.54, 1.807) is 0 Å². The summed E-state index contributed by atoms with van der Waals surface area (Å²) in [6.07, 6.45) is 0.490. The Morgan fingerprint density at radius 2 is 1.86 bits per heavy atom. The summed E-state index contributed by atoms with van der Waals surface area (Å²) in [7, 11) is 0. The zero-order chi connectivity index (χ0) is 15.9. The lowest BCUT2D eigenvalue weighted by molar-refractivity contribution is -0.155. The molecule has 0 aliphatic carbocycles. The molecule has 0 spiro atoms. The molecular formula is C16H24N2O3. The highest BCUT2D eigenvalue weighted by Gasteiger charge is 2.20. The van der Waals surface area contributed by atoms with Crippen LogP contribution in [0.3, 0.4) is 0 Å². The molecule has 1 atom stereocenters. The molecule has 0 bridgehead atoms. The van der Waals surface area contributed by atoms with Crippen molar-refractivity contribution >= 4 is 11.9 Å². The van der Waals surface area contributed by atoms with E-state index < -0.39 is 17.6 Å². The Hall–Kier alpha value is -1.88. The van der Waals surface area contributed by atoms with Gasteiger partial charge >= 0.3 is 5.97 Å². The Bertz CT molecular complexity index is 466. The van der Waals surface area contributed by atoms with Crippen LogP contribution in [0, 0.1) is 0 Å². The average molecular weight is 292 g/mol. The molecule has 0 fully saturated rings. The first kappa shape index (κ1) is 17.2. The van der Waals surface area contributed by atoms with Crippen LogP contribution < -0.4 is 11.1 Å². The number of carbonyl (C=O) groups is 2. The minimum atomic E-state index is -0.544. The van der Waals surface area contributed by atoms with E-state index in [-0.39, 0.29) is 12.4 Å². The summed E-state index contributed by atoms with van der Waals surface area (Å²) in [6, 6.07) is 9.15. The van der Waals surface area contributed by atoms with Crippen LogP contribution in [0.1, 0.15) is 39.2 Å². The molecule has 0 aromatic heterocycles. The lowest BCUT2D eigenvalue weighted by atomic mass is 10.1. The second-order valence-corrected chi connectivity index (χ2v) is 5.95. The van der Waals surface area contributed by atoms with Gasteiger partial charge in [-0.1, -0.05) is 30.3 Å². The van der Waals surface area contributed by atoms with Crippen LogP contribution in [-0.4, -0.2) is 23.5 Å². The Morgan fingerprint density at radius 3 is 2.38 bits per heavy atom. The first-order valence-corrected chi connectivity index (χ1v) is 7.06. The van der Waals surface area contributed by atoms with Gasteiger partial charge in [0.15, 0.2) is 0 Å². The Balaban J connectivity index is 2.44. The number of carbonyl (C=O) groups excluding carboxylic acids is 2. The molecule has 1 aromatic rings. The third kappa shape index (κ3) is 7.46. The highest BCUT2D eigenvalue weighted by Crippen LogP contribution is 2.10. The molecule has 1 amide bonds. The van der Waals surface area contributed by atoms with Gasteiger partial charge in [0.25, 0.3) is 0 Å². The molecule has 1 unspecified atom stereocenters. The zero-order valence-corrected chi connectivity index (χ0v) is 12.9. The van der Waals surface area contributed by atoms with Gasteiger partial charge in [0, 0.05) is 13.0 Å². The average Bonchev–Trinajstić information content (AvgIpc) is 2.37. The summed E-state index contributed by atoms with van der Waals surface area (Å²) in [4.78, 5) is 23.1. The maximum Gasteiger partial charge on any atom is 0.306 e. The van der Waals surface area contributed by atoms with Crippen LogP contribution in [0.5, 0.6) is 0 Å². The predicted octanol–water partition coefficient (Wildman–Crippen LogP) is 1.75. The van der Waals surface area contributed by atoms with E-state index in [1.165, 1.54) is 0 Å². The molecule has 0 saturated carbocycles. The molecule has 0 saturated heterocycles. The van der Waals surface area contributed by atoms with Crippen LogP contribution in [-0.2, 0) is 20.9 Å². The fourth-order valence-electron chi connectivity index (χ4n) is 1.84.